The first-order chi connectivity index (χ1) is 14.2. The van der Waals surface area contributed by atoms with E-state index < -0.39 is 0 Å². The maximum absolute atomic E-state index is 12.3. The Morgan fingerprint density at radius 2 is 1.97 bits per heavy atom. The SMILES string of the molecule is C[C@@H]1CCC/C(=N\NC(=O)c2ccc(Cn3nnc(-c4ccccc4)n3)cc2)C1. The maximum Gasteiger partial charge on any atom is 0.271 e. The molecule has 29 heavy (non-hydrogen) atoms. The number of benzene rings is 2. The zero-order valence-corrected chi connectivity index (χ0v) is 16.5. The number of hydrogen-bond donors (Lipinski definition) is 1. The van der Waals surface area contributed by atoms with Crippen LogP contribution in [0.4, 0.5) is 0 Å². The average molecular weight is 388 g/mol. The van der Waals surface area contributed by atoms with Gasteiger partial charge in [-0.3, -0.25) is 4.79 Å². The molecular weight excluding hydrogens is 364 g/mol. The monoisotopic (exact) mass is 388 g/mol. The molecular formula is C22H24N6O. The smallest absolute Gasteiger partial charge is 0.267 e. The number of nitrogens with one attached hydrogen (secondary N) is 1. The van der Waals surface area contributed by atoms with E-state index in [4.69, 9.17) is 0 Å². The number of carbonyl (C=O) groups excluding carboxylic acids is 1. The molecule has 1 amide bonds. The first-order valence-corrected chi connectivity index (χ1v) is 9.95. The van der Waals surface area contributed by atoms with Crippen molar-refractivity contribution >= 4 is 11.6 Å². The third-order valence-corrected chi connectivity index (χ3v) is 5.09. The lowest BCUT2D eigenvalue weighted by atomic mass is 9.89. The summed E-state index contributed by atoms with van der Waals surface area (Å²) >= 11 is 0. The van der Waals surface area contributed by atoms with Crippen LogP contribution in [0.5, 0.6) is 0 Å². The molecule has 1 N–H and O–H groups in total. The van der Waals surface area contributed by atoms with Crippen LogP contribution >= 0.6 is 0 Å². The Morgan fingerprint density at radius 1 is 1.17 bits per heavy atom. The molecule has 2 aromatic carbocycles. The molecule has 4 rings (SSSR count). The number of rotatable bonds is 5. The molecule has 3 aromatic rings. The molecule has 7 nitrogen and oxygen atoms in total. The highest BCUT2D eigenvalue weighted by Gasteiger charge is 2.14. The van der Waals surface area contributed by atoms with Crippen LogP contribution in [-0.4, -0.2) is 31.8 Å². The van der Waals surface area contributed by atoms with E-state index >= 15 is 0 Å². The Hall–Kier alpha value is -3.35. The molecule has 1 aromatic heterocycles. The lowest BCUT2D eigenvalue weighted by Crippen LogP contribution is -2.22. The highest BCUT2D eigenvalue weighted by molar-refractivity contribution is 5.95. The van der Waals surface area contributed by atoms with E-state index in [9.17, 15) is 4.79 Å². The summed E-state index contributed by atoms with van der Waals surface area (Å²) in [5, 5.41) is 17.0. The van der Waals surface area contributed by atoms with E-state index in [1.54, 1.807) is 16.9 Å². The van der Waals surface area contributed by atoms with Crippen LogP contribution in [-0.2, 0) is 6.54 Å². The van der Waals surface area contributed by atoms with Crippen molar-refractivity contribution in [3.63, 3.8) is 0 Å². The summed E-state index contributed by atoms with van der Waals surface area (Å²) in [6, 6.07) is 17.1. The molecule has 1 heterocycles. The summed E-state index contributed by atoms with van der Waals surface area (Å²) in [6.07, 6.45) is 4.32. The Bertz CT molecular complexity index is 994. The van der Waals surface area contributed by atoms with Crippen molar-refractivity contribution in [2.75, 3.05) is 0 Å². The summed E-state index contributed by atoms with van der Waals surface area (Å²) in [5.41, 5.74) is 6.28. The Labute approximate surface area is 169 Å². The minimum atomic E-state index is -0.187. The Morgan fingerprint density at radius 3 is 2.72 bits per heavy atom. The summed E-state index contributed by atoms with van der Waals surface area (Å²) in [6.45, 7) is 2.71. The van der Waals surface area contributed by atoms with Crippen LogP contribution in [0.1, 0.15) is 48.5 Å². The average Bonchev–Trinajstić information content (AvgIpc) is 3.22. The van der Waals surface area contributed by atoms with Crippen molar-refractivity contribution in [3.05, 3.63) is 65.7 Å². The molecule has 7 heteroatoms. The van der Waals surface area contributed by atoms with Crippen molar-refractivity contribution < 1.29 is 4.79 Å². The lowest BCUT2D eigenvalue weighted by Gasteiger charge is -2.18. The van der Waals surface area contributed by atoms with Crippen LogP contribution in [0.15, 0.2) is 59.7 Å². The minimum Gasteiger partial charge on any atom is -0.267 e. The van der Waals surface area contributed by atoms with Crippen molar-refractivity contribution in [2.24, 2.45) is 11.0 Å². The van der Waals surface area contributed by atoms with Gasteiger partial charge in [-0.25, -0.2) is 5.43 Å². The molecule has 0 unspecified atom stereocenters. The predicted molar refractivity (Wildman–Crippen MR) is 111 cm³/mol. The van der Waals surface area contributed by atoms with Crippen molar-refractivity contribution in [2.45, 2.75) is 39.2 Å². The molecule has 1 aliphatic carbocycles. The molecule has 0 aliphatic heterocycles. The van der Waals surface area contributed by atoms with Crippen LogP contribution in [0.25, 0.3) is 11.4 Å². The van der Waals surface area contributed by atoms with Crippen molar-refractivity contribution in [3.8, 4) is 11.4 Å². The fraction of sp³-hybridized carbons (Fsp3) is 0.318. The number of nitrogens with zero attached hydrogens (tertiary/aromatic N) is 5. The highest BCUT2D eigenvalue weighted by Crippen LogP contribution is 2.21. The van der Waals surface area contributed by atoms with Gasteiger partial charge in [-0.2, -0.15) is 9.90 Å². The quantitative estimate of drug-likeness (QED) is 0.676. The Balaban J connectivity index is 1.36. The molecule has 0 saturated heterocycles. The fourth-order valence-electron chi connectivity index (χ4n) is 3.49. The summed E-state index contributed by atoms with van der Waals surface area (Å²) in [7, 11) is 0. The van der Waals surface area contributed by atoms with Crippen molar-refractivity contribution in [1.29, 1.82) is 0 Å². The van der Waals surface area contributed by atoms with Gasteiger partial charge in [0, 0.05) is 16.8 Å². The normalized spacial score (nSPS) is 18.0. The van der Waals surface area contributed by atoms with E-state index in [2.05, 4.69) is 32.9 Å². The van der Waals surface area contributed by atoms with Gasteiger partial charge in [0.1, 0.15) is 0 Å². The van der Waals surface area contributed by atoms with Gasteiger partial charge in [-0.1, -0.05) is 49.4 Å². The second-order valence-corrected chi connectivity index (χ2v) is 7.53. The summed E-state index contributed by atoms with van der Waals surface area (Å²) < 4.78 is 0. The number of carbonyl (C=O) groups is 1. The topological polar surface area (TPSA) is 85.1 Å². The molecule has 1 aliphatic rings. The van der Waals surface area contributed by atoms with Crippen LogP contribution < -0.4 is 5.43 Å². The number of tetrazole rings is 1. The van der Waals surface area contributed by atoms with Gasteiger partial charge in [0.05, 0.1) is 6.54 Å². The third kappa shape index (κ3) is 4.93. The number of hydrogen-bond acceptors (Lipinski definition) is 5. The van der Waals surface area contributed by atoms with E-state index in [1.807, 2.05) is 42.5 Å². The van der Waals surface area contributed by atoms with Gasteiger partial charge in [0.25, 0.3) is 5.91 Å². The zero-order chi connectivity index (χ0) is 20.1. The lowest BCUT2D eigenvalue weighted by molar-refractivity contribution is 0.0954. The van der Waals surface area contributed by atoms with Crippen LogP contribution in [0.3, 0.4) is 0 Å². The first-order valence-electron chi connectivity index (χ1n) is 9.95. The number of amides is 1. The van der Waals surface area contributed by atoms with Gasteiger partial charge in [0.2, 0.25) is 5.82 Å². The zero-order valence-electron chi connectivity index (χ0n) is 16.5. The van der Waals surface area contributed by atoms with E-state index in [0.717, 1.165) is 36.1 Å². The first kappa shape index (κ1) is 19.0. The van der Waals surface area contributed by atoms with E-state index in [0.29, 0.717) is 23.9 Å². The maximum atomic E-state index is 12.3. The van der Waals surface area contributed by atoms with Gasteiger partial charge in [-0.05, 0) is 54.5 Å². The minimum absolute atomic E-state index is 0.187. The number of hydrazone groups is 1. The Kier molecular flexibility index (Phi) is 5.74. The number of aromatic nitrogens is 4. The van der Waals surface area contributed by atoms with Gasteiger partial charge in [-0.15, -0.1) is 10.2 Å². The molecule has 1 atom stereocenters. The van der Waals surface area contributed by atoms with Crippen LogP contribution in [0, 0.1) is 5.92 Å². The molecule has 0 bridgehead atoms. The second-order valence-electron chi connectivity index (χ2n) is 7.53. The second kappa shape index (κ2) is 8.77. The molecule has 1 fully saturated rings. The predicted octanol–water partition coefficient (Wildman–Crippen LogP) is 3.68. The molecule has 0 radical (unpaired) electrons. The van der Waals surface area contributed by atoms with Crippen LogP contribution in [0.2, 0.25) is 0 Å². The molecule has 1 saturated carbocycles. The van der Waals surface area contributed by atoms with E-state index in [1.165, 1.54) is 6.42 Å². The highest BCUT2D eigenvalue weighted by atomic mass is 16.2. The largest absolute Gasteiger partial charge is 0.271 e. The standard InChI is InChI=1S/C22H24N6O/c1-16-6-5-9-20(14-16)23-25-22(29)19-12-10-17(11-13-19)15-28-26-21(24-27-28)18-7-3-2-4-8-18/h2-4,7-8,10-13,16H,5-6,9,14-15H2,1H3,(H,25,29)/b23-20+/t16-/m1/s1. The van der Waals surface area contributed by atoms with Gasteiger partial charge >= 0.3 is 0 Å². The fourth-order valence-corrected chi connectivity index (χ4v) is 3.49. The van der Waals surface area contributed by atoms with Gasteiger partial charge in [0.15, 0.2) is 0 Å². The summed E-state index contributed by atoms with van der Waals surface area (Å²) in [5.74, 6) is 1.05. The third-order valence-electron chi connectivity index (χ3n) is 5.09. The van der Waals surface area contributed by atoms with Gasteiger partial charge < -0.3 is 0 Å². The molecule has 148 valence electrons. The summed E-state index contributed by atoms with van der Waals surface area (Å²) in [4.78, 5) is 13.9. The van der Waals surface area contributed by atoms with E-state index in [-0.39, 0.29) is 5.91 Å². The molecule has 0 spiro atoms. The van der Waals surface area contributed by atoms with Crippen molar-refractivity contribution in [1.82, 2.24) is 25.6 Å².